The fourth-order valence-electron chi connectivity index (χ4n) is 2.63. The van der Waals surface area contributed by atoms with E-state index in [2.05, 4.69) is 0 Å². The molecule has 1 aliphatic rings. The Kier molecular flexibility index (Phi) is 6.21. The molecule has 0 saturated carbocycles. The first-order chi connectivity index (χ1) is 10.2. The summed E-state index contributed by atoms with van der Waals surface area (Å²) in [7, 11) is 1.94. The van der Waals surface area contributed by atoms with Crippen LogP contribution < -0.4 is 0 Å². The maximum absolute atomic E-state index is 12.4. The third-order valence-electron chi connectivity index (χ3n) is 3.99. The molecule has 0 bridgehead atoms. The number of ether oxygens (including phenoxy) is 2. The van der Waals surface area contributed by atoms with Gasteiger partial charge in [0, 0.05) is 13.0 Å². The lowest BCUT2D eigenvalue weighted by molar-refractivity contribution is -0.150. The average Bonchev–Trinajstić information content (AvgIpc) is 3.01. The molecule has 1 saturated heterocycles. The molecule has 0 radical (unpaired) electrons. The third-order valence-corrected chi connectivity index (χ3v) is 3.99. The molecule has 0 aromatic heterocycles. The van der Waals surface area contributed by atoms with Crippen molar-refractivity contribution in [2.75, 3.05) is 26.8 Å². The van der Waals surface area contributed by atoms with Gasteiger partial charge in [0.05, 0.1) is 12.7 Å². The van der Waals surface area contributed by atoms with Crippen molar-refractivity contribution in [1.82, 2.24) is 4.90 Å². The maximum Gasteiger partial charge on any atom is 0.328 e. The lowest BCUT2D eigenvalue weighted by atomic mass is 10.1. The third kappa shape index (κ3) is 4.55. The first-order valence-electron chi connectivity index (χ1n) is 7.75. The van der Waals surface area contributed by atoms with Gasteiger partial charge in [-0.2, -0.15) is 0 Å². The number of nitrogens with zero attached hydrogens (tertiary/aromatic N) is 1. The highest BCUT2D eigenvalue weighted by molar-refractivity contribution is 5.77. The minimum absolute atomic E-state index is 0.177. The van der Waals surface area contributed by atoms with Gasteiger partial charge in [0.2, 0.25) is 0 Å². The van der Waals surface area contributed by atoms with Crippen molar-refractivity contribution in [2.24, 2.45) is 0 Å². The summed E-state index contributed by atoms with van der Waals surface area (Å²) in [4.78, 5) is 14.4. The molecule has 1 aliphatic heterocycles. The van der Waals surface area contributed by atoms with E-state index in [4.69, 9.17) is 9.47 Å². The van der Waals surface area contributed by atoms with Gasteiger partial charge in [-0.25, -0.2) is 4.79 Å². The Bertz CT molecular complexity index is 429. The normalized spacial score (nSPS) is 19.7. The molecular weight excluding hydrogens is 266 g/mol. The summed E-state index contributed by atoms with van der Waals surface area (Å²) in [5.41, 5.74) is 0.976. The standard InChI is InChI=1S/C17H25NO3/c1-3-18(2)16(14-8-5-4-6-9-14)17(19)21-13-11-15-10-7-12-20-15/h4-6,8-9,15-16H,3,7,10-13H2,1-2H3. The van der Waals surface area contributed by atoms with Gasteiger partial charge in [-0.3, -0.25) is 4.90 Å². The second-order valence-corrected chi connectivity index (χ2v) is 5.48. The molecule has 0 amide bonds. The van der Waals surface area contributed by atoms with Crippen LogP contribution in [0.15, 0.2) is 30.3 Å². The average molecular weight is 291 g/mol. The number of likely N-dealkylation sites (N-methyl/N-ethyl adjacent to an activating group) is 1. The smallest absolute Gasteiger partial charge is 0.328 e. The van der Waals surface area contributed by atoms with Crippen LogP contribution in [0.3, 0.4) is 0 Å². The summed E-state index contributed by atoms with van der Waals surface area (Å²) in [6, 6.07) is 9.46. The molecule has 2 atom stereocenters. The Morgan fingerprint density at radius 2 is 2.19 bits per heavy atom. The molecule has 0 aliphatic carbocycles. The van der Waals surface area contributed by atoms with Gasteiger partial charge in [-0.15, -0.1) is 0 Å². The molecule has 1 heterocycles. The van der Waals surface area contributed by atoms with Gasteiger partial charge in [-0.05, 0) is 32.0 Å². The van der Waals surface area contributed by atoms with Crippen molar-refractivity contribution in [2.45, 2.75) is 38.3 Å². The second-order valence-electron chi connectivity index (χ2n) is 5.48. The molecular formula is C17H25NO3. The molecule has 21 heavy (non-hydrogen) atoms. The number of carbonyl (C=O) groups excluding carboxylic acids is 1. The fraction of sp³-hybridized carbons (Fsp3) is 0.588. The lowest BCUT2D eigenvalue weighted by Gasteiger charge is -2.25. The molecule has 2 unspecified atom stereocenters. The first kappa shape index (κ1) is 16.0. The summed E-state index contributed by atoms with van der Waals surface area (Å²) in [6.07, 6.45) is 3.25. The molecule has 0 N–H and O–H groups in total. The molecule has 1 aromatic rings. The van der Waals surface area contributed by atoms with E-state index < -0.39 is 0 Å². The predicted molar refractivity (Wildman–Crippen MR) is 82.0 cm³/mol. The van der Waals surface area contributed by atoms with Crippen LogP contribution in [0, 0.1) is 0 Å². The summed E-state index contributed by atoms with van der Waals surface area (Å²) in [5.74, 6) is -0.177. The predicted octanol–water partition coefficient (Wildman–Crippen LogP) is 2.79. The van der Waals surface area contributed by atoms with Gasteiger partial charge >= 0.3 is 5.97 Å². The van der Waals surface area contributed by atoms with Gasteiger partial charge < -0.3 is 9.47 Å². The van der Waals surface area contributed by atoms with Crippen LogP contribution in [0.4, 0.5) is 0 Å². The Balaban J connectivity index is 1.91. The van der Waals surface area contributed by atoms with E-state index in [1.54, 1.807) is 0 Å². The zero-order valence-corrected chi connectivity index (χ0v) is 13.0. The Hall–Kier alpha value is -1.39. The molecule has 4 heteroatoms. The monoisotopic (exact) mass is 291 g/mol. The Morgan fingerprint density at radius 1 is 1.43 bits per heavy atom. The van der Waals surface area contributed by atoms with Crippen molar-refractivity contribution in [3.8, 4) is 0 Å². The van der Waals surface area contributed by atoms with Crippen molar-refractivity contribution in [1.29, 1.82) is 0 Å². The van der Waals surface area contributed by atoms with E-state index in [0.29, 0.717) is 6.61 Å². The molecule has 2 rings (SSSR count). The Morgan fingerprint density at radius 3 is 2.81 bits per heavy atom. The molecule has 0 spiro atoms. The van der Waals surface area contributed by atoms with E-state index in [1.165, 1.54) is 0 Å². The van der Waals surface area contributed by atoms with Crippen LogP contribution in [-0.2, 0) is 14.3 Å². The first-order valence-corrected chi connectivity index (χ1v) is 7.75. The van der Waals surface area contributed by atoms with Crippen molar-refractivity contribution < 1.29 is 14.3 Å². The number of benzene rings is 1. The summed E-state index contributed by atoms with van der Waals surface area (Å²) in [5, 5.41) is 0. The summed E-state index contributed by atoms with van der Waals surface area (Å²) >= 11 is 0. The zero-order chi connectivity index (χ0) is 15.1. The maximum atomic E-state index is 12.4. The van der Waals surface area contributed by atoms with E-state index in [1.807, 2.05) is 49.2 Å². The molecule has 4 nitrogen and oxygen atoms in total. The van der Waals surface area contributed by atoms with E-state index in [-0.39, 0.29) is 18.1 Å². The van der Waals surface area contributed by atoms with Crippen LogP contribution in [0.5, 0.6) is 0 Å². The minimum atomic E-state index is -0.333. The van der Waals surface area contributed by atoms with Crippen LogP contribution in [0.1, 0.15) is 37.8 Å². The number of hydrogen-bond acceptors (Lipinski definition) is 4. The van der Waals surface area contributed by atoms with E-state index in [9.17, 15) is 4.79 Å². The molecule has 1 aromatic carbocycles. The van der Waals surface area contributed by atoms with Crippen LogP contribution in [0.25, 0.3) is 0 Å². The number of esters is 1. The van der Waals surface area contributed by atoms with Crippen LogP contribution in [-0.4, -0.2) is 43.8 Å². The summed E-state index contributed by atoms with van der Waals surface area (Å²) < 4.78 is 11.0. The number of hydrogen-bond donors (Lipinski definition) is 0. The topological polar surface area (TPSA) is 38.8 Å². The van der Waals surface area contributed by atoms with Crippen molar-refractivity contribution >= 4 is 5.97 Å². The number of carbonyl (C=O) groups is 1. The minimum Gasteiger partial charge on any atom is -0.464 e. The number of rotatable bonds is 7. The van der Waals surface area contributed by atoms with Gasteiger partial charge in [0.25, 0.3) is 0 Å². The SMILES string of the molecule is CCN(C)C(C(=O)OCCC1CCCO1)c1ccccc1. The van der Waals surface area contributed by atoms with E-state index in [0.717, 1.165) is 38.0 Å². The van der Waals surface area contributed by atoms with Crippen LogP contribution in [0.2, 0.25) is 0 Å². The van der Waals surface area contributed by atoms with Gasteiger partial charge in [0.1, 0.15) is 6.04 Å². The quantitative estimate of drug-likeness (QED) is 0.724. The van der Waals surface area contributed by atoms with Crippen molar-refractivity contribution in [3.05, 3.63) is 35.9 Å². The molecule has 116 valence electrons. The van der Waals surface area contributed by atoms with Gasteiger partial charge in [-0.1, -0.05) is 37.3 Å². The zero-order valence-electron chi connectivity index (χ0n) is 13.0. The summed E-state index contributed by atoms with van der Waals surface area (Å²) in [6.45, 7) is 4.10. The van der Waals surface area contributed by atoms with Crippen molar-refractivity contribution in [3.63, 3.8) is 0 Å². The molecule has 1 fully saturated rings. The fourth-order valence-corrected chi connectivity index (χ4v) is 2.63. The second kappa shape index (κ2) is 8.15. The van der Waals surface area contributed by atoms with Gasteiger partial charge in [0.15, 0.2) is 0 Å². The van der Waals surface area contributed by atoms with Crippen LogP contribution >= 0.6 is 0 Å². The highest BCUT2D eigenvalue weighted by atomic mass is 16.5. The largest absolute Gasteiger partial charge is 0.464 e. The highest BCUT2D eigenvalue weighted by Gasteiger charge is 2.26. The Labute approximate surface area is 127 Å². The lowest BCUT2D eigenvalue weighted by Crippen LogP contribution is -2.32. The van der Waals surface area contributed by atoms with E-state index >= 15 is 0 Å². The highest BCUT2D eigenvalue weighted by Crippen LogP contribution is 2.21.